The fourth-order valence-electron chi connectivity index (χ4n) is 2.52. The molecule has 1 N–H and O–H groups in total. The van der Waals surface area contributed by atoms with Crippen LogP contribution in [-0.4, -0.2) is 59.5 Å². The number of carbonyl (C=O) groups is 2. The maximum Gasteiger partial charge on any atom is 0.254 e. The number of nitrogens with zero attached hydrogens (tertiary/aromatic N) is 2. The lowest BCUT2D eigenvalue weighted by Gasteiger charge is -2.26. The van der Waals surface area contributed by atoms with Crippen LogP contribution in [0.25, 0.3) is 0 Å². The first-order valence-corrected chi connectivity index (χ1v) is 6.84. The Hall–Kier alpha value is -1.88. The van der Waals surface area contributed by atoms with Crippen LogP contribution in [0.2, 0.25) is 0 Å². The third-order valence-electron chi connectivity index (χ3n) is 3.65. The first-order chi connectivity index (χ1) is 9.63. The van der Waals surface area contributed by atoms with Crippen molar-refractivity contribution >= 4 is 11.8 Å². The predicted octanol–water partition coefficient (Wildman–Crippen LogP) is 0.742. The Morgan fingerprint density at radius 1 is 1.35 bits per heavy atom. The summed E-state index contributed by atoms with van der Waals surface area (Å²) in [7, 11) is 1.62. The van der Waals surface area contributed by atoms with E-state index in [0.29, 0.717) is 12.1 Å². The van der Waals surface area contributed by atoms with Gasteiger partial charge in [0, 0.05) is 19.2 Å². The van der Waals surface area contributed by atoms with Crippen LogP contribution in [0.1, 0.15) is 23.2 Å². The van der Waals surface area contributed by atoms with Crippen LogP contribution >= 0.6 is 0 Å². The highest BCUT2D eigenvalue weighted by atomic mass is 16.3. The lowest BCUT2D eigenvalue weighted by Crippen LogP contribution is -2.44. The number of carbonyl (C=O) groups excluding carboxylic acids is 2. The molecule has 1 aromatic rings. The Morgan fingerprint density at radius 2 is 2.05 bits per heavy atom. The maximum absolute atomic E-state index is 12.2. The second-order valence-electron chi connectivity index (χ2n) is 5.09. The van der Waals surface area contributed by atoms with Gasteiger partial charge in [-0.1, -0.05) is 18.2 Å². The van der Waals surface area contributed by atoms with Gasteiger partial charge in [0.25, 0.3) is 5.91 Å². The molecule has 108 valence electrons. The van der Waals surface area contributed by atoms with Gasteiger partial charge in [-0.2, -0.15) is 0 Å². The van der Waals surface area contributed by atoms with Gasteiger partial charge in [0.05, 0.1) is 19.2 Å². The zero-order valence-corrected chi connectivity index (χ0v) is 11.7. The summed E-state index contributed by atoms with van der Waals surface area (Å²) >= 11 is 0. The summed E-state index contributed by atoms with van der Waals surface area (Å²) in [5.74, 6) is -0.271. The van der Waals surface area contributed by atoms with Crippen molar-refractivity contribution in [2.75, 3.05) is 26.7 Å². The maximum atomic E-state index is 12.2. The molecule has 0 bridgehead atoms. The van der Waals surface area contributed by atoms with Crippen molar-refractivity contribution in [2.24, 2.45) is 0 Å². The van der Waals surface area contributed by atoms with E-state index >= 15 is 0 Å². The first-order valence-electron chi connectivity index (χ1n) is 6.84. The Kier molecular flexibility index (Phi) is 4.74. The number of aliphatic hydroxyl groups excluding tert-OH is 1. The summed E-state index contributed by atoms with van der Waals surface area (Å²) in [6.45, 7) is 0.698. The number of rotatable bonds is 4. The molecule has 2 rings (SSSR count). The van der Waals surface area contributed by atoms with Gasteiger partial charge in [0.15, 0.2) is 0 Å². The van der Waals surface area contributed by atoms with E-state index in [-0.39, 0.29) is 31.0 Å². The van der Waals surface area contributed by atoms with E-state index in [2.05, 4.69) is 0 Å². The van der Waals surface area contributed by atoms with E-state index in [1.54, 1.807) is 36.2 Å². The molecule has 2 amide bonds. The molecule has 1 saturated heterocycles. The number of hydrogen-bond donors (Lipinski definition) is 1. The van der Waals surface area contributed by atoms with E-state index in [0.717, 1.165) is 12.8 Å². The summed E-state index contributed by atoms with van der Waals surface area (Å²) in [5, 5.41) is 9.23. The van der Waals surface area contributed by atoms with Crippen LogP contribution in [0, 0.1) is 0 Å². The fourth-order valence-corrected chi connectivity index (χ4v) is 2.52. The average Bonchev–Trinajstić information content (AvgIpc) is 2.95. The highest BCUT2D eigenvalue weighted by molar-refractivity contribution is 5.96. The minimum Gasteiger partial charge on any atom is -0.394 e. The average molecular weight is 276 g/mol. The molecule has 1 fully saturated rings. The molecule has 20 heavy (non-hydrogen) atoms. The Labute approximate surface area is 118 Å². The molecule has 5 heteroatoms. The molecule has 0 radical (unpaired) electrons. The number of likely N-dealkylation sites (N-methyl/N-ethyl adjacent to an activating group) is 1. The Morgan fingerprint density at radius 3 is 2.70 bits per heavy atom. The topological polar surface area (TPSA) is 60.9 Å². The predicted molar refractivity (Wildman–Crippen MR) is 75.2 cm³/mol. The molecule has 0 unspecified atom stereocenters. The monoisotopic (exact) mass is 276 g/mol. The van der Waals surface area contributed by atoms with Gasteiger partial charge >= 0.3 is 0 Å². The van der Waals surface area contributed by atoms with Crippen LogP contribution in [0.4, 0.5) is 0 Å². The zero-order chi connectivity index (χ0) is 14.5. The van der Waals surface area contributed by atoms with Crippen molar-refractivity contribution in [3.8, 4) is 0 Å². The van der Waals surface area contributed by atoms with Crippen molar-refractivity contribution in [1.29, 1.82) is 0 Å². The largest absolute Gasteiger partial charge is 0.394 e. The van der Waals surface area contributed by atoms with Crippen molar-refractivity contribution in [3.05, 3.63) is 35.9 Å². The van der Waals surface area contributed by atoms with Crippen molar-refractivity contribution in [3.63, 3.8) is 0 Å². The van der Waals surface area contributed by atoms with E-state index in [9.17, 15) is 14.7 Å². The third kappa shape index (κ3) is 3.17. The van der Waals surface area contributed by atoms with Gasteiger partial charge < -0.3 is 14.9 Å². The minimum atomic E-state index is -0.168. The van der Waals surface area contributed by atoms with Crippen molar-refractivity contribution in [2.45, 2.75) is 18.9 Å². The molecule has 0 saturated carbocycles. The number of amides is 2. The number of likely N-dealkylation sites (tertiary alicyclic amines) is 1. The van der Waals surface area contributed by atoms with Crippen LogP contribution < -0.4 is 0 Å². The fraction of sp³-hybridized carbons (Fsp3) is 0.467. The molecule has 1 atom stereocenters. The SMILES string of the molecule is CN(CC(=O)N1CCC[C@H]1CO)C(=O)c1ccccc1. The number of hydrogen-bond acceptors (Lipinski definition) is 3. The highest BCUT2D eigenvalue weighted by Gasteiger charge is 2.29. The summed E-state index contributed by atoms with van der Waals surface area (Å²) in [6.07, 6.45) is 1.74. The summed E-state index contributed by atoms with van der Waals surface area (Å²) in [4.78, 5) is 27.4. The lowest BCUT2D eigenvalue weighted by molar-refractivity contribution is -0.133. The van der Waals surface area contributed by atoms with Gasteiger partial charge in [-0.3, -0.25) is 9.59 Å². The quantitative estimate of drug-likeness (QED) is 0.882. The highest BCUT2D eigenvalue weighted by Crippen LogP contribution is 2.17. The first kappa shape index (κ1) is 14.5. The van der Waals surface area contributed by atoms with E-state index in [1.807, 2.05) is 6.07 Å². The summed E-state index contributed by atoms with van der Waals surface area (Å²) < 4.78 is 0. The molecule has 1 aliphatic heterocycles. The summed E-state index contributed by atoms with van der Waals surface area (Å²) in [5.41, 5.74) is 0.572. The number of benzene rings is 1. The number of aliphatic hydroxyl groups is 1. The van der Waals surface area contributed by atoms with Gasteiger partial charge in [-0.05, 0) is 25.0 Å². The standard InChI is InChI=1S/C15H20N2O3/c1-16(15(20)12-6-3-2-4-7-12)10-14(19)17-9-5-8-13(17)11-18/h2-4,6-7,13,18H,5,8-11H2,1H3/t13-/m0/s1. The van der Waals surface area contributed by atoms with E-state index < -0.39 is 0 Å². The summed E-state index contributed by atoms with van der Waals surface area (Å²) in [6, 6.07) is 8.81. The molecular weight excluding hydrogens is 256 g/mol. The van der Waals surface area contributed by atoms with Crippen LogP contribution in [0.15, 0.2) is 30.3 Å². The zero-order valence-electron chi connectivity index (χ0n) is 11.7. The van der Waals surface area contributed by atoms with Crippen LogP contribution in [0.5, 0.6) is 0 Å². The van der Waals surface area contributed by atoms with Crippen molar-refractivity contribution in [1.82, 2.24) is 9.80 Å². The van der Waals surface area contributed by atoms with Gasteiger partial charge in [-0.25, -0.2) is 0 Å². The molecule has 0 aromatic heterocycles. The Balaban J connectivity index is 1.96. The second-order valence-corrected chi connectivity index (χ2v) is 5.09. The molecule has 1 heterocycles. The van der Waals surface area contributed by atoms with E-state index in [4.69, 9.17) is 0 Å². The molecule has 0 aliphatic carbocycles. The lowest BCUT2D eigenvalue weighted by atomic mass is 10.2. The molecular formula is C15H20N2O3. The van der Waals surface area contributed by atoms with E-state index in [1.165, 1.54) is 4.90 Å². The van der Waals surface area contributed by atoms with Gasteiger partial charge in [-0.15, -0.1) is 0 Å². The third-order valence-corrected chi connectivity index (χ3v) is 3.65. The molecule has 1 aliphatic rings. The smallest absolute Gasteiger partial charge is 0.254 e. The van der Waals surface area contributed by atoms with Gasteiger partial charge in [0.2, 0.25) is 5.91 Å². The minimum absolute atomic E-state index is 0.0118. The normalized spacial score (nSPS) is 18.1. The molecule has 0 spiro atoms. The second kappa shape index (κ2) is 6.52. The molecule has 5 nitrogen and oxygen atoms in total. The molecule has 1 aromatic carbocycles. The van der Waals surface area contributed by atoms with Crippen LogP contribution in [0.3, 0.4) is 0 Å². The van der Waals surface area contributed by atoms with Crippen LogP contribution in [-0.2, 0) is 4.79 Å². The Bertz CT molecular complexity index is 475. The van der Waals surface area contributed by atoms with Gasteiger partial charge in [0.1, 0.15) is 0 Å². The van der Waals surface area contributed by atoms with Crippen molar-refractivity contribution < 1.29 is 14.7 Å².